The zero-order valence-electron chi connectivity index (χ0n) is 8.71. The second-order valence-electron chi connectivity index (χ2n) is 3.47. The summed E-state index contributed by atoms with van der Waals surface area (Å²) in [5, 5.41) is 2.99. The molecule has 0 aliphatic rings. The van der Waals surface area contributed by atoms with Crippen molar-refractivity contribution in [2.45, 2.75) is 13.3 Å². The number of halogens is 1. The van der Waals surface area contributed by atoms with Crippen molar-refractivity contribution in [3.63, 3.8) is 0 Å². The molecule has 82 valence electrons. The highest BCUT2D eigenvalue weighted by molar-refractivity contribution is 9.10. The molecule has 0 radical (unpaired) electrons. The Kier molecular flexibility index (Phi) is 2.92. The highest BCUT2D eigenvalue weighted by atomic mass is 79.9. The van der Waals surface area contributed by atoms with Gasteiger partial charge >= 0.3 is 0 Å². The van der Waals surface area contributed by atoms with Gasteiger partial charge < -0.3 is 5.32 Å². The second-order valence-corrected chi connectivity index (χ2v) is 4.32. The van der Waals surface area contributed by atoms with E-state index in [1.165, 1.54) is 0 Å². The predicted octanol–water partition coefficient (Wildman–Crippen LogP) is 2.35. The van der Waals surface area contributed by atoms with Gasteiger partial charge in [0.25, 0.3) is 0 Å². The highest BCUT2D eigenvalue weighted by Gasteiger charge is 2.19. The zero-order chi connectivity index (χ0) is 11.7. The summed E-state index contributed by atoms with van der Waals surface area (Å²) in [7, 11) is 0. The van der Waals surface area contributed by atoms with Crippen molar-refractivity contribution in [1.82, 2.24) is 0 Å². The van der Waals surface area contributed by atoms with E-state index in [1.807, 2.05) is 31.2 Å². The van der Waals surface area contributed by atoms with E-state index in [4.69, 9.17) is 0 Å². The lowest BCUT2D eigenvalue weighted by molar-refractivity contribution is 1.08. The quantitative estimate of drug-likeness (QED) is 0.878. The second kappa shape index (κ2) is 4.22. The topological polar surface area (TPSA) is 46.2 Å². The largest absolute Gasteiger partial charge is 0.351 e. The van der Waals surface area contributed by atoms with Gasteiger partial charge in [0, 0.05) is 10.0 Å². The third-order valence-corrected chi connectivity index (χ3v) is 3.19. The Balaban J connectivity index is 2.36. The summed E-state index contributed by atoms with van der Waals surface area (Å²) in [5.74, 6) is 0. The number of benzene rings is 1. The first-order valence-electron chi connectivity index (χ1n) is 4.99. The lowest BCUT2D eigenvalue weighted by Crippen LogP contribution is -2.37. The molecule has 0 aliphatic carbocycles. The number of anilines is 2. The van der Waals surface area contributed by atoms with Crippen LogP contribution in [-0.4, -0.2) is 0 Å². The monoisotopic (exact) mass is 279 g/mol. The van der Waals surface area contributed by atoms with E-state index < -0.39 is 5.43 Å². The van der Waals surface area contributed by atoms with Crippen LogP contribution in [0.3, 0.4) is 0 Å². The molecule has 0 saturated heterocycles. The molecule has 0 atom stereocenters. The van der Waals surface area contributed by atoms with Gasteiger partial charge in [-0.25, -0.2) is 0 Å². The van der Waals surface area contributed by atoms with Crippen molar-refractivity contribution in [2.24, 2.45) is 0 Å². The molecule has 2 rings (SSSR count). The van der Waals surface area contributed by atoms with Crippen LogP contribution in [0.1, 0.15) is 12.5 Å². The summed E-state index contributed by atoms with van der Waals surface area (Å²) in [6, 6.07) is 7.47. The lowest BCUT2D eigenvalue weighted by Gasteiger charge is -2.12. The van der Waals surface area contributed by atoms with Gasteiger partial charge in [-0.05, 0) is 34.5 Å². The molecule has 16 heavy (non-hydrogen) atoms. The number of nitrogens with one attached hydrogen (secondary N) is 1. The minimum absolute atomic E-state index is 0.364. The first-order chi connectivity index (χ1) is 7.65. The third-order valence-electron chi connectivity index (χ3n) is 2.50. The molecule has 0 saturated carbocycles. The smallest absolute Gasteiger partial charge is 0.249 e. The van der Waals surface area contributed by atoms with Crippen LogP contribution in [0.5, 0.6) is 0 Å². The zero-order valence-corrected chi connectivity index (χ0v) is 10.3. The Labute approximate surface area is 101 Å². The molecule has 0 unspecified atom stereocenters. The van der Waals surface area contributed by atoms with Crippen molar-refractivity contribution < 1.29 is 0 Å². The fraction of sp³-hybridized carbons (Fsp3) is 0.167. The van der Waals surface area contributed by atoms with Crippen molar-refractivity contribution >= 4 is 27.3 Å². The van der Waals surface area contributed by atoms with Gasteiger partial charge in [-0.15, -0.1) is 0 Å². The Morgan fingerprint density at radius 3 is 2.50 bits per heavy atom. The maximum Gasteiger partial charge on any atom is 0.249 e. The molecular formula is C12H10BrNO2. The van der Waals surface area contributed by atoms with Gasteiger partial charge in [0.05, 0.1) is 11.4 Å². The maximum atomic E-state index is 11.4. The maximum absolute atomic E-state index is 11.4. The average molecular weight is 280 g/mol. The number of para-hydroxylation sites is 1. The fourth-order valence-corrected chi connectivity index (χ4v) is 1.99. The molecule has 2 aromatic carbocycles. The average Bonchev–Trinajstić information content (AvgIpc) is 2.30. The van der Waals surface area contributed by atoms with Gasteiger partial charge in [0.15, 0.2) is 0 Å². The molecule has 0 aromatic heterocycles. The Morgan fingerprint density at radius 2 is 1.88 bits per heavy atom. The molecule has 1 N–H and O–H groups in total. The normalized spacial score (nSPS) is 10.6. The van der Waals surface area contributed by atoms with Crippen LogP contribution >= 0.6 is 15.9 Å². The van der Waals surface area contributed by atoms with E-state index >= 15 is 0 Å². The van der Waals surface area contributed by atoms with Crippen LogP contribution in [0.15, 0.2) is 38.3 Å². The molecule has 0 heterocycles. The Bertz CT molecular complexity index is 597. The van der Waals surface area contributed by atoms with Gasteiger partial charge in [-0.3, -0.25) is 9.59 Å². The minimum Gasteiger partial charge on any atom is -0.351 e. The van der Waals surface area contributed by atoms with Crippen LogP contribution in [0.4, 0.5) is 11.4 Å². The predicted molar refractivity (Wildman–Crippen MR) is 68.2 cm³/mol. The molecule has 0 bridgehead atoms. The van der Waals surface area contributed by atoms with Gasteiger partial charge in [-0.1, -0.05) is 19.1 Å². The number of hydrogen-bond donors (Lipinski definition) is 1. The van der Waals surface area contributed by atoms with E-state index in [0.29, 0.717) is 17.7 Å². The molecule has 0 spiro atoms. The summed E-state index contributed by atoms with van der Waals surface area (Å²) in [6.45, 7) is 1.86. The third kappa shape index (κ3) is 1.69. The molecule has 0 fully saturated rings. The standard InChI is InChI=1S/C12H10BrNO2/c1-2-7-10(12(16)11(7)15)14-9-6-4-3-5-8(9)13/h3-6,14H,2H2,1H3. The first-order valence-corrected chi connectivity index (χ1v) is 5.78. The number of rotatable bonds is 3. The van der Waals surface area contributed by atoms with Crippen LogP contribution < -0.4 is 16.2 Å². The molecule has 0 amide bonds. The van der Waals surface area contributed by atoms with Crippen molar-refractivity contribution in [3.8, 4) is 0 Å². The van der Waals surface area contributed by atoms with Crippen molar-refractivity contribution in [3.05, 3.63) is 54.7 Å². The highest BCUT2D eigenvalue weighted by Crippen LogP contribution is 2.25. The van der Waals surface area contributed by atoms with E-state index in [0.717, 1.165) is 10.2 Å². The fourth-order valence-electron chi connectivity index (χ4n) is 1.61. The van der Waals surface area contributed by atoms with Crippen LogP contribution in [-0.2, 0) is 6.42 Å². The van der Waals surface area contributed by atoms with E-state index in [1.54, 1.807) is 0 Å². The summed E-state index contributed by atoms with van der Waals surface area (Å²) in [4.78, 5) is 22.6. The van der Waals surface area contributed by atoms with Crippen LogP contribution in [0.25, 0.3) is 0 Å². The van der Waals surface area contributed by atoms with E-state index in [-0.39, 0.29) is 5.43 Å². The molecule has 0 aliphatic heterocycles. The van der Waals surface area contributed by atoms with Crippen molar-refractivity contribution in [1.29, 1.82) is 0 Å². The Morgan fingerprint density at radius 1 is 1.19 bits per heavy atom. The summed E-state index contributed by atoms with van der Waals surface area (Å²) in [5.41, 5.74) is 1.02. The number of hydrogen-bond acceptors (Lipinski definition) is 3. The lowest BCUT2D eigenvalue weighted by atomic mass is 10.0. The first kappa shape index (κ1) is 11.1. The van der Waals surface area contributed by atoms with Gasteiger partial charge in [0.1, 0.15) is 0 Å². The summed E-state index contributed by atoms with van der Waals surface area (Å²) >= 11 is 3.37. The SMILES string of the molecule is CCc1c(Nc2ccccc2Br)c(=O)c1=O. The summed E-state index contributed by atoms with van der Waals surface area (Å²) < 4.78 is 0.866. The molecule has 2 aromatic rings. The van der Waals surface area contributed by atoms with Crippen LogP contribution in [0, 0.1) is 0 Å². The van der Waals surface area contributed by atoms with Crippen LogP contribution in [0.2, 0.25) is 0 Å². The van der Waals surface area contributed by atoms with E-state index in [9.17, 15) is 9.59 Å². The van der Waals surface area contributed by atoms with E-state index in [2.05, 4.69) is 21.2 Å². The van der Waals surface area contributed by atoms with Gasteiger partial charge in [-0.2, -0.15) is 0 Å². The summed E-state index contributed by atoms with van der Waals surface area (Å²) in [6.07, 6.45) is 0.581. The minimum atomic E-state index is -0.424. The molecule has 4 heteroatoms. The Hall–Kier alpha value is -1.42. The molecular weight excluding hydrogens is 270 g/mol. The van der Waals surface area contributed by atoms with Crippen molar-refractivity contribution in [2.75, 3.05) is 5.32 Å². The van der Waals surface area contributed by atoms with Gasteiger partial charge in [0.2, 0.25) is 10.9 Å². The molecule has 3 nitrogen and oxygen atoms in total.